The molecule has 0 saturated heterocycles. The Bertz CT molecular complexity index is 323. The molecule has 0 aromatic rings. The Hall–Kier alpha value is -1.30. The maximum Gasteiger partial charge on any atom is 0.254 e. The van der Waals surface area contributed by atoms with Gasteiger partial charge in [-0.2, -0.15) is 0 Å². The Labute approximate surface area is 108 Å². The van der Waals surface area contributed by atoms with Crippen molar-refractivity contribution in [3.05, 3.63) is 0 Å². The Morgan fingerprint density at radius 1 is 1.61 bits per heavy atom. The first-order valence-corrected chi connectivity index (χ1v) is 6.31. The third-order valence-corrected chi connectivity index (χ3v) is 3.56. The second-order valence-electron chi connectivity index (χ2n) is 4.86. The number of ether oxygens (including phenoxy) is 1. The van der Waals surface area contributed by atoms with Crippen molar-refractivity contribution in [3.63, 3.8) is 0 Å². The average Bonchev–Trinajstić information content (AvgIpc) is 3.21. The SMILES string of the molecule is CCC(C)(OC)C(=O)N(CCC(N)=NO)C1CC1. The van der Waals surface area contributed by atoms with Crippen LogP contribution in [0.5, 0.6) is 0 Å². The summed E-state index contributed by atoms with van der Waals surface area (Å²) in [7, 11) is 1.55. The van der Waals surface area contributed by atoms with Crippen LogP contribution in [-0.2, 0) is 9.53 Å². The van der Waals surface area contributed by atoms with Crippen LogP contribution in [0.15, 0.2) is 5.16 Å². The Morgan fingerprint density at radius 3 is 2.61 bits per heavy atom. The molecule has 1 aliphatic carbocycles. The third kappa shape index (κ3) is 3.35. The molecule has 3 N–H and O–H groups in total. The van der Waals surface area contributed by atoms with Crippen LogP contribution in [0.4, 0.5) is 0 Å². The highest BCUT2D eigenvalue weighted by atomic mass is 16.5. The average molecular weight is 257 g/mol. The number of hydrogen-bond acceptors (Lipinski definition) is 4. The number of nitrogens with two attached hydrogens (primary N) is 1. The van der Waals surface area contributed by atoms with Gasteiger partial charge in [0.15, 0.2) is 0 Å². The normalized spacial score (nSPS) is 19.4. The van der Waals surface area contributed by atoms with Crippen molar-refractivity contribution in [1.82, 2.24) is 4.90 Å². The highest BCUT2D eigenvalue weighted by molar-refractivity contribution is 5.86. The van der Waals surface area contributed by atoms with Gasteiger partial charge in [-0.25, -0.2) is 0 Å². The minimum absolute atomic E-state index is 0.0132. The number of nitrogens with zero attached hydrogens (tertiary/aromatic N) is 2. The summed E-state index contributed by atoms with van der Waals surface area (Å²) in [5.41, 5.74) is 4.66. The molecular formula is C12H23N3O3. The van der Waals surface area contributed by atoms with Crippen LogP contribution in [0.25, 0.3) is 0 Å². The van der Waals surface area contributed by atoms with Crippen molar-refractivity contribution in [2.24, 2.45) is 10.9 Å². The number of oxime groups is 1. The quantitative estimate of drug-likeness (QED) is 0.307. The molecule has 0 radical (unpaired) electrons. The van der Waals surface area contributed by atoms with Crippen LogP contribution in [0.1, 0.15) is 39.5 Å². The summed E-state index contributed by atoms with van der Waals surface area (Å²) in [4.78, 5) is 14.3. The van der Waals surface area contributed by atoms with E-state index in [-0.39, 0.29) is 17.8 Å². The summed E-state index contributed by atoms with van der Waals surface area (Å²) in [5, 5.41) is 11.5. The number of amides is 1. The summed E-state index contributed by atoms with van der Waals surface area (Å²) in [5.74, 6) is 0.129. The maximum atomic E-state index is 12.5. The smallest absolute Gasteiger partial charge is 0.254 e. The first kappa shape index (κ1) is 14.8. The molecule has 0 aliphatic heterocycles. The highest BCUT2D eigenvalue weighted by Crippen LogP contribution is 2.30. The number of methoxy groups -OCH3 is 1. The molecule has 1 atom stereocenters. The van der Waals surface area contributed by atoms with Gasteiger partial charge in [0.1, 0.15) is 11.4 Å². The molecule has 104 valence electrons. The lowest BCUT2D eigenvalue weighted by atomic mass is 10.0. The zero-order valence-electron chi connectivity index (χ0n) is 11.3. The van der Waals surface area contributed by atoms with Gasteiger partial charge in [0.2, 0.25) is 0 Å². The number of rotatable bonds is 7. The van der Waals surface area contributed by atoms with Gasteiger partial charge in [-0.15, -0.1) is 0 Å². The summed E-state index contributed by atoms with van der Waals surface area (Å²) in [6, 6.07) is 0.282. The molecule has 0 aromatic carbocycles. The zero-order chi connectivity index (χ0) is 13.8. The van der Waals surface area contributed by atoms with Gasteiger partial charge in [0.25, 0.3) is 5.91 Å². The van der Waals surface area contributed by atoms with Crippen LogP contribution in [0.3, 0.4) is 0 Å². The molecule has 0 bridgehead atoms. The molecule has 6 nitrogen and oxygen atoms in total. The van der Waals surface area contributed by atoms with E-state index in [2.05, 4.69) is 5.16 Å². The van der Waals surface area contributed by atoms with Gasteiger partial charge < -0.3 is 20.6 Å². The van der Waals surface area contributed by atoms with Gasteiger partial charge in [-0.05, 0) is 26.2 Å². The fourth-order valence-electron chi connectivity index (χ4n) is 1.81. The second kappa shape index (κ2) is 6.04. The molecule has 0 heterocycles. The van der Waals surface area contributed by atoms with Crippen molar-refractivity contribution in [1.29, 1.82) is 0 Å². The molecule has 0 aromatic heterocycles. The molecule has 6 heteroatoms. The minimum Gasteiger partial charge on any atom is -0.409 e. The Balaban J connectivity index is 2.69. The van der Waals surface area contributed by atoms with E-state index in [1.807, 2.05) is 6.92 Å². The van der Waals surface area contributed by atoms with Crippen molar-refractivity contribution in [2.75, 3.05) is 13.7 Å². The van der Waals surface area contributed by atoms with Crippen LogP contribution in [0, 0.1) is 0 Å². The number of hydrogen-bond donors (Lipinski definition) is 2. The number of carbonyl (C=O) groups is 1. The van der Waals surface area contributed by atoms with Gasteiger partial charge in [-0.3, -0.25) is 4.79 Å². The van der Waals surface area contributed by atoms with Crippen LogP contribution in [0.2, 0.25) is 0 Å². The monoisotopic (exact) mass is 257 g/mol. The van der Waals surface area contributed by atoms with Gasteiger partial charge >= 0.3 is 0 Å². The second-order valence-corrected chi connectivity index (χ2v) is 4.86. The van der Waals surface area contributed by atoms with E-state index in [1.54, 1.807) is 18.9 Å². The summed E-state index contributed by atoms with van der Waals surface area (Å²) in [6.07, 6.45) is 3.04. The minimum atomic E-state index is -0.784. The van der Waals surface area contributed by atoms with Gasteiger partial charge in [0, 0.05) is 26.1 Å². The number of carbonyl (C=O) groups excluding carboxylic acids is 1. The fraction of sp³-hybridized carbons (Fsp3) is 0.833. The Morgan fingerprint density at radius 2 is 2.22 bits per heavy atom. The summed E-state index contributed by atoms with van der Waals surface area (Å²) < 4.78 is 5.34. The third-order valence-electron chi connectivity index (χ3n) is 3.56. The van der Waals surface area contributed by atoms with Gasteiger partial charge in [0.05, 0.1) is 0 Å². The van der Waals surface area contributed by atoms with Crippen molar-refractivity contribution in [3.8, 4) is 0 Å². The molecule has 1 aliphatic rings. The highest BCUT2D eigenvalue weighted by Gasteiger charge is 2.41. The van der Waals surface area contributed by atoms with E-state index in [9.17, 15) is 4.79 Å². The first-order valence-electron chi connectivity index (χ1n) is 6.31. The van der Waals surface area contributed by atoms with E-state index in [0.717, 1.165) is 12.8 Å². The van der Waals surface area contributed by atoms with Crippen molar-refractivity contribution < 1.29 is 14.7 Å². The van der Waals surface area contributed by atoms with Crippen molar-refractivity contribution >= 4 is 11.7 Å². The lowest BCUT2D eigenvalue weighted by Crippen LogP contribution is -2.49. The fourth-order valence-corrected chi connectivity index (χ4v) is 1.81. The molecule has 0 spiro atoms. The van der Waals surface area contributed by atoms with Crippen LogP contribution in [-0.4, -0.2) is 47.1 Å². The molecule has 1 fully saturated rings. The van der Waals surface area contributed by atoms with E-state index < -0.39 is 5.60 Å². The lowest BCUT2D eigenvalue weighted by Gasteiger charge is -2.33. The molecule has 1 saturated carbocycles. The van der Waals surface area contributed by atoms with E-state index in [4.69, 9.17) is 15.7 Å². The standard InChI is InChI=1S/C12H23N3O3/c1-4-12(2,18-3)11(16)15(9-5-6-9)8-7-10(13)14-17/h9,17H,4-8H2,1-3H3,(H2,13,14). The largest absolute Gasteiger partial charge is 0.409 e. The number of amidine groups is 1. The molecular weight excluding hydrogens is 234 g/mol. The molecule has 1 rings (SSSR count). The van der Waals surface area contributed by atoms with E-state index >= 15 is 0 Å². The zero-order valence-corrected chi connectivity index (χ0v) is 11.3. The Kier molecular flexibility index (Phi) is 4.95. The lowest BCUT2D eigenvalue weighted by molar-refractivity contribution is -0.154. The summed E-state index contributed by atoms with van der Waals surface area (Å²) >= 11 is 0. The molecule has 1 unspecified atom stereocenters. The molecule has 18 heavy (non-hydrogen) atoms. The van der Waals surface area contributed by atoms with E-state index in [1.165, 1.54) is 0 Å². The first-order chi connectivity index (χ1) is 8.48. The topological polar surface area (TPSA) is 88.2 Å². The maximum absolute atomic E-state index is 12.5. The molecule has 1 amide bonds. The van der Waals surface area contributed by atoms with E-state index in [0.29, 0.717) is 19.4 Å². The predicted molar refractivity (Wildman–Crippen MR) is 68.5 cm³/mol. The van der Waals surface area contributed by atoms with Crippen molar-refractivity contribution in [2.45, 2.75) is 51.2 Å². The summed E-state index contributed by atoms with van der Waals surface area (Å²) in [6.45, 7) is 4.20. The van der Waals surface area contributed by atoms with Gasteiger partial charge in [-0.1, -0.05) is 12.1 Å². The predicted octanol–water partition coefficient (Wildman–Crippen LogP) is 0.929. The van der Waals surface area contributed by atoms with Crippen LogP contribution < -0.4 is 5.73 Å². The van der Waals surface area contributed by atoms with Crippen LogP contribution >= 0.6 is 0 Å².